The highest BCUT2D eigenvalue weighted by molar-refractivity contribution is 5.84. The van der Waals surface area contributed by atoms with Crippen molar-refractivity contribution in [3.63, 3.8) is 0 Å². The molecule has 0 rings (SSSR count). The van der Waals surface area contributed by atoms with E-state index in [1.165, 1.54) is 0 Å². The molecule has 0 aliphatic heterocycles. The van der Waals surface area contributed by atoms with Crippen molar-refractivity contribution >= 4 is 11.9 Å². The third kappa shape index (κ3) is 6.86. The zero-order chi connectivity index (χ0) is 15.8. The minimum Gasteiger partial charge on any atom is -0.481 e. The molecule has 0 aromatic heterocycles. The number of hydrogen-bond acceptors (Lipinski definition) is 4. The zero-order valence-electron chi connectivity index (χ0n) is 12.8. The highest BCUT2D eigenvalue weighted by Crippen LogP contribution is 2.32. The summed E-state index contributed by atoms with van der Waals surface area (Å²) in [5, 5.41) is 20.5. The van der Waals surface area contributed by atoms with Crippen LogP contribution < -0.4 is 5.32 Å². The number of nitrogens with one attached hydrogen (secondary N) is 1. The number of amides is 1. The maximum absolute atomic E-state index is 12.0. The molecule has 118 valence electrons. The van der Waals surface area contributed by atoms with Crippen LogP contribution in [0.2, 0.25) is 0 Å². The van der Waals surface area contributed by atoms with Crippen molar-refractivity contribution in [2.75, 3.05) is 26.4 Å². The van der Waals surface area contributed by atoms with Gasteiger partial charge in [-0.3, -0.25) is 9.59 Å². The van der Waals surface area contributed by atoms with E-state index in [0.29, 0.717) is 26.2 Å². The maximum atomic E-state index is 12.0. The van der Waals surface area contributed by atoms with Gasteiger partial charge in [-0.05, 0) is 11.8 Å². The Morgan fingerprint density at radius 3 is 2.30 bits per heavy atom. The van der Waals surface area contributed by atoms with Crippen molar-refractivity contribution in [1.82, 2.24) is 5.32 Å². The van der Waals surface area contributed by atoms with Crippen LogP contribution in [0.1, 0.15) is 34.1 Å². The lowest BCUT2D eigenvalue weighted by Gasteiger charge is -2.31. The minimum absolute atomic E-state index is 0.0786. The van der Waals surface area contributed by atoms with Crippen molar-refractivity contribution in [3.05, 3.63) is 0 Å². The molecule has 3 N–H and O–H groups in total. The topological polar surface area (TPSA) is 95.9 Å². The van der Waals surface area contributed by atoms with E-state index in [-0.39, 0.29) is 12.5 Å². The number of aliphatic carboxylic acids is 1. The quantitative estimate of drug-likeness (QED) is 0.548. The summed E-state index contributed by atoms with van der Waals surface area (Å²) < 4.78 is 5.19. The molecule has 6 heteroatoms. The van der Waals surface area contributed by atoms with E-state index < -0.39 is 23.2 Å². The standard InChI is InChI=1S/C14H27NO5/c1-10(11(13(18)19)14(2,3)4)12(17)15-6-9-20-8-5-7-16/h10-11,16H,5-9H2,1-4H3,(H,15,17)(H,18,19). The molecule has 0 saturated heterocycles. The number of aliphatic hydroxyl groups excluding tert-OH is 1. The first-order valence-corrected chi connectivity index (χ1v) is 6.91. The molecule has 0 aromatic rings. The predicted octanol–water partition coefficient (Wildman–Crippen LogP) is 0.885. The lowest BCUT2D eigenvalue weighted by molar-refractivity contribution is -0.151. The summed E-state index contributed by atoms with van der Waals surface area (Å²) >= 11 is 0. The van der Waals surface area contributed by atoms with Crippen molar-refractivity contribution in [2.24, 2.45) is 17.3 Å². The number of aliphatic hydroxyl groups is 1. The third-order valence-corrected chi connectivity index (χ3v) is 3.11. The van der Waals surface area contributed by atoms with Gasteiger partial charge in [0, 0.05) is 25.7 Å². The summed E-state index contributed by atoms with van der Waals surface area (Å²) in [4.78, 5) is 23.3. The fraction of sp³-hybridized carbons (Fsp3) is 0.857. The Hall–Kier alpha value is -1.14. The number of rotatable bonds is 9. The molecule has 0 bridgehead atoms. The van der Waals surface area contributed by atoms with Crippen LogP contribution in [-0.4, -0.2) is 48.5 Å². The molecule has 0 saturated carbocycles. The van der Waals surface area contributed by atoms with Crippen LogP contribution in [0.4, 0.5) is 0 Å². The van der Waals surface area contributed by atoms with E-state index >= 15 is 0 Å². The van der Waals surface area contributed by atoms with Crippen LogP contribution in [0.5, 0.6) is 0 Å². The average Bonchev–Trinajstić information content (AvgIpc) is 2.30. The van der Waals surface area contributed by atoms with Crippen molar-refractivity contribution in [2.45, 2.75) is 34.1 Å². The number of ether oxygens (including phenoxy) is 1. The lowest BCUT2D eigenvalue weighted by atomic mass is 9.73. The summed E-state index contributed by atoms with van der Waals surface area (Å²) in [7, 11) is 0. The fourth-order valence-electron chi connectivity index (χ4n) is 2.16. The SMILES string of the molecule is CC(C(=O)NCCOCCCO)C(C(=O)O)C(C)(C)C. The van der Waals surface area contributed by atoms with Gasteiger partial charge in [-0.2, -0.15) is 0 Å². The van der Waals surface area contributed by atoms with Crippen LogP contribution >= 0.6 is 0 Å². The van der Waals surface area contributed by atoms with E-state index in [9.17, 15) is 14.7 Å². The second-order valence-electron chi connectivity index (χ2n) is 5.95. The van der Waals surface area contributed by atoms with Crippen LogP contribution in [0.3, 0.4) is 0 Å². The number of carbonyl (C=O) groups excluding carboxylic acids is 1. The molecule has 1 amide bonds. The molecule has 0 fully saturated rings. The zero-order valence-corrected chi connectivity index (χ0v) is 12.8. The second kappa shape index (κ2) is 8.92. The number of carboxylic acids is 1. The number of carboxylic acid groups (broad SMARTS) is 1. The largest absolute Gasteiger partial charge is 0.481 e. The Kier molecular flexibility index (Phi) is 8.41. The maximum Gasteiger partial charge on any atom is 0.307 e. The highest BCUT2D eigenvalue weighted by Gasteiger charge is 2.39. The Bertz CT molecular complexity index is 311. The Morgan fingerprint density at radius 2 is 1.85 bits per heavy atom. The minimum atomic E-state index is -0.959. The lowest BCUT2D eigenvalue weighted by Crippen LogP contribution is -2.42. The van der Waals surface area contributed by atoms with E-state index in [2.05, 4.69) is 5.32 Å². The molecule has 0 radical (unpaired) electrons. The molecule has 0 heterocycles. The first-order valence-electron chi connectivity index (χ1n) is 6.91. The Morgan fingerprint density at radius 1 is 1.25 bits per heavy atom. The van der Waals surface area contributed by atoms with Crippen molar-refractivity contribution in [3.8, 4) is 0 Å². The fourth-order valence-corrected chi connectivity index (χ4v) is 2.16. The molecule has 2 unspecified atom stereocenters. The molecule has 0 aliphatic carbocycles. The van der Waals surface area contributed by atoms with E-state index in [1.54, 1.807) is 6.92 Å². The van der Waals surface area contributed by atoms with Gasteiger partial charge in [0.1, 0.15) is 0 Å². The Labute approximate surface area is 120 Å². The number of carbonyl (C=O) groups is 2. The van der Waals surface area contributed by atoms with Gasteiger partial charge in [-0.15, -0.1) is 0 Å². The molecular weight excluding hydrogens is 262 g/mol. The molecule has 2 atom stereocenters. The molecule has 6 nitrogen and oxygen atoms in total. The van der Waals surface area contributed by atoms with Gasteiger partial charge < -0.3 is 20.3 Å². The predicted molar refractivity (Wildman–Crippen MR) is 75.3 cm³/mol. The van der Waals surface area contributed by atoms with Gasteiger partial charge in [0.05, 0.1) is 12.5 Å². The summed E-state index contributed by atoms with van der Waals surface area (Å²) in [5.41, 5.74) is -0.486. The van der Waals surface area contributed by atoms with E-state index in [0.717, 1.165) is 0 Å². The van der Waals surface area contributed by atoms with E-state index in [1.807, 2.05) is 20.8 Å². The molecular formula is C14H27NO5. The van der Waals surface area contributed by atoms with Crippen LogP contribution in [0.15, 0.2) is 0 Å². The normalized spacial score (nSPS) is 14.7. The monoisotopic (exact) mass is 289 g/mol. The molecule has 0 aliphatic rings. The van der Waals surface area contributed by atoms with Crippen molar-refractivity contribution in [1.29, 1.82) is 0 Å². The van der Waals surface area contributed by atoms with Gasteiger partial charge in [-0.25, -0.2) is 0 Å². The first kappa shape index (κ1) is 18.9. The second-order valence-corrected chi connectivity index (χ2v) is 5.95. The summed E-state index contributed by atoms with van der Waals surface area (Å²) in [6.07, 6.45) is 0.565. The van der Waals surface area contributed by atoms with Crippen LogP contribution in [0, 0.1) is 17.3 Å². The van der Waals surface area contributed by atoms with Gasteiger partial charge in [0.2, 0.25) is 5.91 Å². The van der Waals surface area contributed by atoms with Crippen LogP contribution in [-0.2, 0) is 14.3 Å². The smallest absolute Gasteiger partial charge is 0.307 e. The Balaban J connectivity index is 4.22. The first-order chi connectivity index (χ1) is 9.21. The average molecular weight is 289 g/mol. The summed E-state index contributed by atoms with van der Waals surface area (Å²) in [6.45, 7) is 8.29. The van der Waals surface area contributed by atoms with Crippen molar-refractivity contribution < 1.29 is 24.5 Å². The van der Waals surface area contributed by atoms with E-state index in [4.69, 9.17) is 9.84 Å². The molecule has 0 spiro atoms. The van der Waals surface area contributed by atoms with Gasteiger partial charge >= 0.3 is 5.97 Å². The summed E-state index contributed by atoms with van der Waals surface area (Å²) in [6, 6.07) is 0. The van der Waals surface area contributed by atoms with Gasteiger partial charge in [-0.1, -0.05) is 27.7 Å². The van der Waals surface area contributed by atoms with Crippen LogP contribution in [0.25, 0.3) is 0 Å². The molecule has 20 heavy (non-hydrogen) atoms. The third-order valence-electron chi connectivity index (χ3n) is 3.11. The van der Waals surface area contributed by atoms with Gasteiger partial charge in [0.15, 0.2) is 0 Å². The van der Waals surface area contributed by atoms with Gasteiger partial charge in [0.25, 0.3) is 0 Å². The highest BCUT2D eigenvalue weighted by atomic mass is 16.5. The molecule has 0 aromatic carbocycles. The number of hydrogen-bond donors (Lipinski definition) is 3. The summed E-state index contributed by atoms with van der Waals surface area (Å²) in [5.74, 6) is -2.58.